The molecule has 0 aliphatic heterocycles. The molecule has 0 aromatic carbocycles. The van der Waals surface area contributed by atoms with Crippen molar-refractivity contribution in [2.75, 3.05) is 20.8 Å². The minimum Gasteiger partial charge on any atom is -0.383 e. The van der Waals surface area contributed by atoms with E-state index >= 15 is 0 Å². The van der Waals surface area contributed by atoms with Crippen LogP contribution in [-0.4, -0.2) is 37.6 Å². The minimum absolute atomic E-state index is 0.0126. The van der Waals surface area contributed by atoms with Crippen molar-refractivity contribution in [1.82, 2.24) is 4.90 Å². The highest BCUT2D eigenvalue weighted by Crippen LogP contribution is 2.46. The van der Waals surface area contributed by atoms with Gasteiger partial charge in [0, 0.05) is 14.2 Å². The molecule has 1 unspecified atom stereocenters. The standard InChI is InChI=1S/C12H20N2O2/c1-9-5-12(6-9,8-13)11(15)14(3)10(2)7-16-4/h9-10H,5-7H2,1-4H3. The van der Waals surface area contributed by atoms with E-state index in [-0.39, 0.29) is 11.9 Å². The van der Waals surface area contributed by atoms with Crippen LogP contribution in [0.2, 0.25) is 0 Å². The molecule has 1 aliphatic carbocycles. The maximum atomic E-state index is 12.2. The van der Waals surface area contributed by atoms with E-state index in [1.54, 1.807) is 19.1 Å². The smallest absolute Gasteiger partial charge is 0.243 e. The lowest BCUT2D eigenvalue weighted by molar-refractivity contribution is -0.146. The van der Waals surface area contributed by atoms with Crippen LogP contribution >= 0.6 is 0 Å². The normalized spacial score (nSPS) is 30.1. The highest BCUT2D eigenvalue weighted by molar-refractivity contribution is 5.86. The molecule has 4 nitrogen and oxygen atoms in total. The Hall–Kier alpha value is -1.08. The second-order valence-electron chi connectivity index (χ2n) is 4.93. The Morgan fingerprint density at radius 2 is 2.25 bits per heavy atom. The topological polar surface area (TPSA) is 53.3 Å². The minimum atomic E-state index is -0.768. The van der Waals surface area contributed by atoms with Gasteiger partial charge in [0.1, 0.15) is 5.41 Å². The first kappa shape index (κ1) is 13.0. The molecule has 90 valence electrons. The molecule has 1 saturated carbocycles. The van der Waals surface area contributed by atoms with Gasteiger partial charge in [-0.3, -0.25) is 4.79 Å². The fraction of sp³-hybridized carbons (Fsp3) is 0.833. The number of nitriles is 1. The zero-order valence-electron chi connectivity index (χ0n) is 10.5. The van der Waals surface area contributed by atoms with Crippen LogP contribution in [0, 0.1) is 22.7 Å². The van der Waals surface area contributed by atoms with Crippen LogP contribution in [0.5, 0.6) is 0 Å². The molecular weight excluding hydrogens is 204 g/mol. The molecule has 0 bridgehead atoms. The molecule has 16 heavy (non-hydrogen) atoms. The maximum absolute atomic E-state index is 12.2. The molecule has 0 spiro atoms. The predicted molar refractivity (Wildman–Crippen MR) is 60.6 cm³/mol. The summed E-state index contributed by atoms with van der Waals surface area (Å²) < 4.78 is 5.02. The number of hydrogen-bond acceptors (Lipinski definition) is 3. The summed E-state index contributed by atoms with van der Waals surface area (Å²) in [6.45, 7) is 4.50. The number of carbonyl (C=O) groups excluding carboxylic acids is 1. The van der Waals surface area contributed by atoms with Gasteiger partial charge in [-0.25, -0.2) is 0 Å². The third kappa shape index (κ3) is 2.19. The van der Waals surface area contributed by atoms with Gasteiger partial charge in [-0.15, -0.1) is 0 Å². The van der Waals surface area contributed by atoms with E-state index in [4.69, 9.17) is 10.00 Å². The van der Waals surface area contributed by atoms with Crippen molar-refractivity contribution >= 4 is 5.91 Å². The van der Waals surface area contributed by atoms with Gasteiger partial charge in [-0.2, -0.15) is 5.26 Å². The Morgan fingerprint density at radius 1 is 1.69 bits per heavy atom. The number of methoxy groups -OCH3 is 1. The van der Waals surface area contributed by atoms with Gasteiger partial charge < -0.3 is 9.64 Å². The molecule has 0 N–H and O–H groups in total. The first-order chi connectivity index (χ1) is 7.46. The fourth-order valence-electron chi connectivity index (χ4n) is 2.33. The second kappa shape index (κ2) is 4.84. The summed E-state index contributed by atoms with van der Waals surface area (Å²) in [7, 11) is 3.36. The largest absolute Gasteiger partial charge is 0.383 e. The number of carbonyl (C=O) groups is 1. The van der Waals surface area contributed by atoms with Gasteiger partial charge in [0.2, 0.25) is 5.91 Å². The lowest BCUT2D eigenvalue weighted by Gasteiger charge is -2.42. The summed E-state index contributed by atoms with van der Waals surface area (Å²) >= 11 is 0. The highest BCUT2D eigenvalue weighted by Gasteiger charge is 2.50. The molecule has 1 atom stereocenters. The third-order valence-corrected chi connectivity index (χ3v) is 3.41. The number of likely N-dealkylation sites (N-methyl/N-ethyl adjacent to an activating group) is 1. The number of hydrogen-bond donors (Lipinski definition) is 0. The fourth-order valence-corrected chi connectivity index (χ4v) is 2.33. The van der Waals surface area contributed by atoms with E-state index in [2.05, 4.69) is 13.0 Å². The summed E-state index contributed by atoms with van der Waals surface area (Å²) in [5, 5.41) is 9.16. The average Bonchev–Trinajstić information content (AvgIpc) is 2.22. The van der Waals surface area contributed by atoms with Gasteiger partial charge in [0.25, 0.3) is 0 Å². The summed E-state index contributed by atoms with van der Waals surface area (Å²) in [4.78, 5) is 13.8. The molecule has 0 aromatic rings. The van der Waals surface area contributed by atoms with Crippen LogP contribution < -0.4 is 0 Å². The van der Waals surface area contributed by atoms with Crippen LogP contribution in [0.4, 0.5) is 0 Å². The summed E-state index contributed by atoms with van der Waals surface area (Å²) in [6.07, 6.45) is 1.37. The Kier molecular flexibility index (Phi) is 3.93. The van der Waals surface area contributed by atoms with Crippen molar-refractivity contribution in [3.8, 4) is 6.07 Å². The van der Waals surface area contributed by atoms with Gasteiger partial charge >= 0.3 is 0 Å². The van der Waals surface area contributed by atoms with Crippen molar-refractivity contribution in [2.45, 2.75) is 32.7 Å². The van der Waals surface area contributed by atoms with Crippen LogP contribution in [0.15, 0.2) is 0 Å². The number of ether oxygens (including phenoxy) is 1. The molecule has 1 aliphatic rings. The summed E-state index contributed by atoms with van der Waals surface area (Å²) in [5.74, 6) is 0.424. The highest BCUT2D eigenvalue weighted by atomic mass is 16.5. The lowest BCUT2D eigenvalue weighted by Crippen LogP contribution is -2.51. The van der Waals surface area contributed by atoms with E-state index in [1.165, 1.54) is 0 Å². The summed E-state index contributed by atoms with van der Waals surface area (Å²) in [5.41, 5.74) is -0.768. The second-order valence-corrected chi connectivity index (χ2v) is 4.93. The number of rotatable bonds is 4. The Bertz CT molecular complexity index is 303. The van der Waals surface area contributed by atoms with Gasteiger partial charge in [-0.05, 0) is 25.7 Å². The molecule has 0 aromatic heterocycles. The maximum Gasteiger partial charge on any atom is 0.243 e. The Balaban J connectivity index is 2.67. The Morgan fingerprint density at radius 3 is 2.62 bits per heavy atom. The monoisotopic (exact) mass is 224 g/mol. The van der Waals surface area contributed by atoms with E-state index in [0.29, 0.717) is 25.4 Å². The van der Waals surface area contributed by atoms with Crippen molar-refractivity contribution in [3.63, 3.8) is 0 Å². The van der Waals surface area contributed by atoms with Crippen molar-refractivity contribution < 1.29 is 9.53 Å². The molecule has 1 fully saturated rings. The van der Waals surface area contributed by atoms with Crippen LogP contribution in [0.1, 0.15) is 26.7 Å². The van der Waals surface area contributed by atoms with Crippen molar-refractivity contribution in [3.05, 3.63) is 0 Å². The van der Waals surface area contributed by atoms with E-state index in [1.807, 2.05) is 6.92 Å². The summed E-state index contributed by atoms with van der Waals surface area (Å²) in [6, 6.07) is 2.20. The average molecular weight is 224 g/mol. The van der Waals surface area contributed by atoms with Gasteiger partial charge in [0.15, 0.2) is 0 Å². The zero-order valence-corrected chi connectivity index (χ0v) is 10.5. The molecule has 0 heterocycles. The van der Waals surface area contributed by atoms with E-state index < -0.39 is 5.41 Å². The molecule has 0 saturated heterocycles. The third-order valence-electron chi connectivity index (χ3n) is 3.41. The molecule has 0 radical (unpaired) electrons. The van der Waals surface area contributed by atoms with Gasteiger partial charge in [-0.1, -0.05) is 6.92 Å². The van der Waals surface area contributed by atoms with Crippen LogP contribution in [0.25, 0.3) is 0 Å². The van der Waals surface area contributed by atoms with Gasteiger partial charge in [0.05, 0.1) is 18.7 Å². The number of amides is 1. The van der Waals surface area contributed by atoms with E-state index in [0.717, 1.165) is 0 Å². The van der Waals surface area contributed by atoms with E-state index in [9.17, 15) is 4.79 Å². The van der Waals surface area contributed by atoms with Crippen LogP contribution in [-0.2, 0) is 9.53 Å². The molecule has 1 rings (SSSR count). The first-order valence-corrected chi connectivity index (χ1v) is 5.64. The predicted octanol–water partition coefficient (Wildman–Crippen LogP) is 1.42. The molecule has 4 heteroatoms. The first-order valence-electron chi connectivity index (χ1n) is 5.64. The SMILES string of the molecule is COCC(C)N(C)C(=O)C1(C#N)CC(C)C1. The molecular formula is C12H20N2O2. The van der Waals surface area contributed by atoms with Crippen molar-refractivity contribution in [2.24, 2.45) is 11.3 Å². The van der Waals surface area contributed by atoms with Crippen molar-refractivity contribution in [1.29, 1.82) is 5.26 Å². The Labute approximate surface area is 97.2 Å². The quantitative estimate of drug-likeness (QED) is 0.725. The lowest BCUT2D eigenvalue weighted by atomic mass is 9.62. The van der Waals surface area contributed by atoms with Crippen LogP contribution in [0.3, 0.4) is 0 Å². The number of nitrogens with zero attached hydrogens (tertiary/aromatic N) is 2. The molecule has 1 amide bonds. The zero-order chi connectivity index (χ0) is 12.3.